The first-order chi connectivity index (χ1) is 5.09. The fourth-order valence-electron chi connectivity index (χ4n) is 1.85. The van der Waals surface area contributed by atoms with Gasteiger partial charge >= 0.3 is 0 Å². The first kappa shape index (κ1) is 8.57. The molecule has 11 heavy (non-hydrogen) atoms. The predicted molar refractivity (Wildman–Crippen MR) is 45.2 cm³/mol. The molecule has 1 heterocycles. The van der Waals surface area contributed by atoms with E-state index in [0.717, 1.165) is 12.8 Å². The smallest absolute Gasteiger partial charge is 0.223 e. The molecule has 0 aliphatic carbocycles. The standard InChI is InChI=1S/C9H17NO/c1-6-4-7(2)9(11)10-8(3)5-6/h6-8H,4-5H2,1-3H3,(H,10,11)/t6-,7+,8-/m0/s1. The van der Waals surface area contributed by atoms with Gasteiger partial charge in [-0.1, -0.05) is 13.8 Å². The van der Waals surface area contributed by atoms with Crippen LogP contribution in [0, 0.1) is 11.8 Å². The summed E-state index contributed by atoms with van der Waals surface area (Å²) in [5.41, 5.74) is 0. The highest BCUT2D eigenvalue weighted by atomic mass is 16.1. The second kappa shape index (κ2) is 3.24. The lowest BCUT2D eigenvalue weighted by Gasteiger charge is -2.11. The van der Waals surface area contributed by atoms with Gasteiger partial charge in [-0.15, -0.1) is 0 Å². The molecule has 0 aromatic heterocycles. The summed E-state index contributed by atoms with van der Waals surface area (Å²) < 4.78 is 0. The second-order valence-corrected chi connectivity index (χ2v) is 3.89. The molecular weight excluding hydrogens is 138 g/mol. The van der Waals surface area contributed by atoms with Gasteiger partial charge in [-0.05, 0) is 25.7 Å². The molecule has 1 aliphatic rings. The molecule has 1 fully saturated rings. The number of carbonyl (C=O) groups excluding carboxylic acids is 1. The molecular formula is C9H17NO. The summed E-state index contributed by atoms with van der Waals surface area (Å²) in [4.78, 5) is 11.3. The van der Waals surface area contributed by atoms with Crippen molar-refractivity contribution in [3.63, 3.8) is 0 Å². The van der Waals surface area contributed by atoms with E-state index in [1.54, 1.807) is 0 Å². The van der Waals surface area contributed by atoms with Gasteiger partial charge in [-0.3, -0.25) is 4.79 Å². The van der Waals surface area contributed by atoms with Crippen LogP contribution in [0.4, 0.5) is 0 Å². The van der Waals surface area contributed by atoms with Crippen LogP contribution >= 0.6 is 0 Å². The van der Waals surface area contributed by atoms with Crippen molar-refractivity contribution < 1.29 is 4.79 Å². The average Bonchev–Trinajstić information content (AvgIpc) is 1.93. The monoisotopic (exact) mass is 155 g/mol. The summed E-state index contributed by atoms with van der Waals surface area (Å²) in [6.45, 7) is 6.30. The van der Waals surface area contributed by atoms with E-state index < -0.39 is 0 Å². The van der Waals surface area contributed by atoms with E-state index in [4.69, 9.17) is 0 Å². The maximum Gasteiger partial charge on any atom is 0.223 e. The zero-order valence-electron chi connectivity index (χ0n) is 7.55. The molecule has 64 valence electrons. The van der Waals surface area contributed by atoms with Gasteiger partial charge in [0.15, 0.2) is 0 Å². The SMILES string of the molecule is C[C@H]1C[C@@H](C)C(=O)N[C@@H](C)C1. The van der Waals surface area contributed by atoms with Crippen molar-refractivity contribution in [3.05, 3.63) is 0 Å². The van der Waals surface area contributed by atoms with Crippen molar-refractivity contribution in [1.82, 2.24) is 5.32 Å². The minimum atomic E-state index is 0.204. The number of nitrogens with one attached hydrogen (secondary N) is 1. The lowest BCUT2D eigenvalue weighted by atomic mass is 9.95. The Hall–Kier alpha value is -0.530. The van der Waals surface area contributed by atoms with Crippen LogP contribution in [0.1, 0.15) is 33.6 Å². The Kier molecular flexibility index (Phi) is 2.53. The Bertz CT molecular complexity index is 156. The molecule has 2 nitrogen and oxygen atoms in total. The predicted octanol–water partition coefficient (Wildman–Crippen LogP) is 1.56. The van der Waals surface area contributed by atoms with Gasteiger partial charge in [-0.25, -0.2) is 0 Å². The highest BCUT2D eigenvalue weighted by Gasteiger charge is 2.23. The van der Waals surface area contributed by atoms with Crippen LogP contribution in [0.2, 0.25) is 0 Å². The summed E-state index contributed by atoms with van der Waals surface area (Å²) in [6, 6.07) is 0.363. The minimum absolute atomic E-state index is 0.204. The Morgan fingerprint density at radius 1 is 1.27 bits per heavy atom. The van der Waals surface area contributed by atoms with Gasteiger partial charge < -0.3 is 5.32 Å². The molecule has 1 aliphatic heterocycles. The molecule has 0 unspecified atom stereocenters. The topological polar surface area (TPSA) is 29.1 Å². The fourth-order valence-corrected chi connectivity index (χ4v) is 1.85. The molecule has 1 saturated heterocycles. The van der Waals surface area contributed by atoms with E-state index in [1.165, 1.54) is 0 Å². The molecule has 1 N–H and O–H groups in total. The zero-order valence-corrected chi connectivity index (χ0v) is 7.55. The third-order valence-corrected chi connectivity index (χ3v) is 2.35. The van der Waals surface area contributed by atoms with Gasteiger partial charge in [0.2, 0.25) is 5.91 Å². The molecule has 0 saturated carbocycles. The van der Waals surface area contributed by atoms with Crippen molar-refractivity contribution >= 4 is 5.91 Å². The zero-order chi connectivity index (χ0) is 8.43. The maximum atomic E-state index is 11.3. The maximum absolute atomic E-state index is 11.3. The molecule has 0 aromatic rings. The third kappa shape index (κ3) is 2.21. The van der Waals surface area contributed by atoms with Crippen molar-refractivity contribution in [3.8, 4) is 0 Å². The van der Waals surface area contributed by atoms with Crippen LogP contribution in [-0.4, -0.2) is 11.9 Å². The van der Waals surface area contributed by atoms with Crippen LogP contribution in [0.25, 0.3) is 0 Å². The summed E-state index contributed by atoms with van der Waals surface area (Å²) >= 11 is 0. The average molecular weight is 155 g/mol. The number of amides is 1. The van der Waals surface area contributed by atoms with E-state index in [9.17, 15) is 4.79 Å². The van der Waals surface area contributed by atoms with Crippen LogP contribution in [0.3, 0.4) is 0 Å². The normalized spacial score (nSPS) is 39.5. The van der Waals surface area contributed by atoms with Crippen molar-refractivity contribution in [2.24, 2.45) is 11.8 Å². The molecule has 2 heteroatoms. The van der Waals surface area contributed by atoms with Crippen LogP contribution < -0.4 is 5.32 Å². The first-order valence-corrected chi connectivity index (χ1v) is 4.40. The number of rotatable bonds is 0. The molecule has 1 rings (SSSR count). The summed E-state index contributed by atoms with van der Waals surface area (Å²) in [5.74, 6) is 1.11. The second-order valence-electron chi connectivity index (χ2n) is 3.89. The van der Waals surface area contributed by atoms with Crippen LogP contribution in [0.15, 0.2) is 0 Å². The van der Waals surface area contributed by atoms with Crippen molar-refractivity contribution in [2.75, 3.05) is 0 Å². The lowest BCUT2D eigenvalue weighted by molar-refractivity contribution is -0.124. The van der Waals surface area contributed by atoms with E-state index in [0.29, 0.717) is 12.0 Å². The highest BCUT2D eigenvalue weighted by Crippen LogP contribution is 2.20. The summed E-state index contributed by atoms with van der Waals surface area (Å²) in [7, 11) is 0. The molecule has 1 amide bonds. The minimum Gasteiger partial charge on any atom is -0.353 e. The summed E-state index contributed by atoms with van der Waals surface area (Å²) in [5, 5.41) is 2.98. The quantitative estimate of drug-likeness (QED) is 0.565. The Labute approximate surface area is 68.4 Å². The Balaban J connectivity index is 2.58. The van der Waals surface area contributed by atoms with E-state index in [1.807, 2.05) is 6.92 Å². The van der Waals surface area contributed by atoms with Gasteiger partial charge in [0.1, 0.15) is 0 Å². The van der Waals surface area contributed by atoms with E-state index >= 15 is 0 Å². The molecule has 0 radical (unpaired) electrons. The van der Waals surface area contributed by atoms with Gasteiger partial charge in [0.25, 0.3) is 0 Å². The molecule has 0 bridgehead atoms. The van der Waals surface area contributed by atoms with Gasteiger partial charge in [0, 0.05) is 12.0 Å². The Morgan fingerprint density at radius 3 is 2.55 bits per heavy atom. The molecule has 0 spiro atoms. The summed E-state index contributed by atoms with van der Waals surface area (Å²) in [6.07, 6.45) is 2.16. The van der Waals surface area contributed by atoms with Crippen molar-refractivity contribution in [1.29, 1.82) is 0 Å². The van der Waals surface area contributed by atoms with Crippen LogP contribution in [-0.2, 0) is 4.79 Å². The van der Waals surface area contributed by atoms with E-state index in [-0.39, 0.29) is 11.8 Å². The van der Waals surface area contributed by atoms with E-state index in [2.05, 4.69) is 19.2 Å². The van der Waals surface area contributed by atoms with Gasteiger partial charge in [0.05, 0.1) is 0 Å². The fraction of sp³-hybridized carbons (Fsp3) is 0.889. The van der Waals surface area contributed by atoms with Gasteiger partial charge in [-0.2, -0.15) is 0 Å². The molecule has 0 aromatic carbocycles. The number of hydrogen-bond acceptors (Lipinski definition) is 1. The van der Waals surface area contributed by atoms with Crippen molar-refractivity contribution in [2.45, 2.75) is 39.7 Å². The number of hydrogen-bond donors (Lipinski definition) is 1. The third-order valence-electron chi connectivity index (χ3n) is 2.35. The van der Waals surface area contributed by atoms with Crippen LogP contribution in [0.5, 0.6) is 0 Å². The highest BCUT2D eigenvalue weighted by molar-refractivity contribution is 5.78. The number of carbonyl (C=O) groups is 1. The first-order valence-electron chi connectivity index (χ1n) is 4.40. The Morgan fingerprint density at radius 2 is 1.91 bits per heavy atom. The largest absolute Gasteiger partial charge is 0.353 e. The lowest BCUT2D eigenvalue weighted by Crippen LogP contribution is -2.33. The molecule has 3 atom stereocenters.